The van der Waals surface area contributed by atoms with Crippen molar-refractivity contribution < 1.29 is 9.32 Å². The van der Waals surface area contributed by atoms with Crippen molar-refractivity contribution >= 4 is 17.8 Å². The van der Waals surface area contributed by atoms with Gasteiger partial charge in [0, 0.05) is 32.8 Å². The quantitative estimate of drug-likeness (QED) is 0.908. The molecule has 0 aromatic carbocycles. The van der Waals surface area contributed by atoms with Crippen molar-refractivity contribution in [2.45, 2.75) is 38.6 Å². The summed E-state index contributed by atoms with van der Waals surface area (Å²) in [6, 6.07) is 1.34. The minimum absolute atomic E-state index is 0.159. The Bertz CT molecular complexity index is 744. The van der Waals surface area contributed by atoms with E-state index in [1.165, 1.54) is 0 Å². The number of carbonyl (C=O) groups is 1. The van der Waals surface area contributed by atoms with Crippen molar-refractivity contribution in [1.29, 1.82) is 0 Å². The standard InChI is InChI=1S/C16H23N7O2/c1-10(2)14-19-13(21-25-14)11-6-5-9-23(11)16(24)20-15-17-8-7-12(18-15)22(3)4/h7-8,10-11H,5-6,9H2,1-4H3,(H,17,18,20,24)/t11-/m0/s1. The highest BCUT2D eigenvalue weighted by Gasteiger charge is 2.34. The van der Waals surface area contributed by atoms with Crippen molar-refractivity contribution in [2.75, 3.05) is 30.9 Å². The molecular weight excluding hydrogens is 322 g/mol. The number of rotatable bonds is 4. The molecule has 25 heavy (non-hydrogen) atoms. The Kier molecular flexibility index (Phi) is 4.82. The van der Waals surface area contributed by atoms with E-state index in [2.05, 4.69) is 25.4 Å². The first kappa shape index (κ1) is 17.1. The van der Waals surface area contributed by atoms with Crippen LogP contribution in [0.1, 0.15) is 50.4 Å². The Morgan fingerprint density at radius 2 is 2.20 bits per heavy atom. The molecule has 1 atom stereocenters. The summed E-state index contributed by atoms with van der Waals surface area (Å²) in [6.45, 7) is 4.62. The molecule has 0 spiro atoms. The Morgan fingerprint density at radius 3 is 2.88 bits per heavy atom. The SMILES string of the molecule is CC(C)c1nc([C@@H]2CCCN2C(=O)Nc2nccc(N(C)C)n2)no1. The predicted octanol–water partition coefficient (Wildman–Crippen LogP) is 2.42. The van der Waals surface area contributed by atoms with E-state index < -0.39 is 0 Å². The van der Waals surface area contributed by atoms with Gasteiger partial charge in [-0.15, -0.1) is 0 Å². The smallest absolute Gasteiger partial charge is 0.324 e. The van der Waals surface area contributed by atoms with Gasteiger partial charge in [0.2, 0.25) is 11.8 Å². The fraction of sp³-hybridized carbons (Fsp3) is 0.562. The van der Waals surface area contributed by atoms with Crippen molar-refractivity contribution in [3.63, 3.8) is 0 Å². The summed E-state index contributed by atoms with van der Waals surface area (Å²) in [4.78, 5) is 29.1. The van der Waals surface area contributed by atoms with Gasteiger partial charge in [0.25, 0.3) is 0 Å². The van der Waals surface area contributed by atoms with Crippen LogP contribution in [0.2, 0.25) is 0 Å². The van der Waals surface area contributed by atoms with Gasteiger partial charge >= 0.3 is 6.03 Å². The van der Waals surface area contributed by atoms with E-state index in [4.69, 9.17) is 4.52 Å². The second-order valence-corrected chi connectivity index (χ2v) is 6.56. The van der Waals surface area contributed by atoms with Crippen LogP contribution in [0.3, 0.4) is 0 Å². The lowest BCUT2D eigenvalue weighted by Gasteiger charge is -2.22. The maximum Gasteiger partial charge on any atom is 0.324 e. The number of anilines is 2. The third kappa shape index (κ3) is 3.70. The van der Waals surface area contributed by atoms with Crippen molar-refractivity contribution in [3.8, 4) is 0 Å². The monoisotopic (exact) mass is 345 g/mol. The number of aromatic nitrogens is 4. The molecule has 0 bridgehead atoms. The molecule has 0 aliphatic carbocycles. The van der Waals surface area contributed by atoms with Crippen LogP contribution in [-0.2, 0) is 0 Å². The highest BCUT2D eigenvalue weighted by molar-refractivity contribution is 5.88. The van der Waals surface area contributed by atoms with E-state index in [1.54, 1.807) is 17.2 Å². The van der Waals surface area contributed by atoms with Crippen LogP contribution in [0.5, 0.6) is 0 Å². The van der Waals surface area contributed by atoms with Crippen LogP contribution in [0.25, 0.3) is 0 Å². The summed E-state index contributed by atoms with van der Waals surface area (Å²) in [5, 5.41) is 6.81. The Labute approximate surface area is 146 Å². The van der Waals surface area contributed by atoms with Crippen LogP contribution in [0, 0.1) is 0 Å². The van der Waals surface area contributed by atoms with Gasteiger partial charge < -0.3 is 14.3 Å². The normalized spacial score (nSPS) is 17.2. The summed E-state index contributed by atoms with van der Waals surface area (Å²) < 4.78 is 5.28. The summed E-state index contributed by atoms with van der Waals surface area (Å²) in [6.07, 6.45) is 3.32. The molecular formula is C16H23N7O2. The van der Waals surface area contributed by atoms with Gasteiger partial charge in [-0.3, -0.25) is 5.32 Å². The minimum atomic E-state index is -0.255. The number of nitrogens with zero attached hydrogens (tertiary/aromatic N) is 6. The fourth-order valence-corrected chi connectivity index (χ4v) is 2.72. The molecule has 1 N–H and O–H groups in total. The first-order valence-corrected chi connectivity index (χ1v) is 8.37. The number of hydrogen-bond acceptors (Lipinski definition) is 7. The molecule has 3 rings (SSSR count). The number of nitrogens with one attached hydrogen (secondary N) is 1. The van der Waals surface area contributed by atoms with E-state index in [9.17, 15) is 4.79 Å². The average Bonchev–Trinajstić information content (AvgIpc) is 3.24. The summed E-state index contributed by atoms with van der Waals surface area (Å²) in [7, 11) is 3.76. The molecule has 9 heteroatoms. The second kappa shape index (κ2) is 7.04. The fourth-order valence-electron chi connectivity index (χ4n) is 2.72. The highest BCUT2D eigenvalue weighted by atomic mass is 16.5. The van der Waals surface area contributed by atoms with Gasteiger partial charge in [0.1, 0.15) is 5.82 Å². The van der Waals surface area contributed by atoms with Crippen LogP contribution >= 0.6 is 0 Å². The van der Waals surface area contributed by atoms with Gasteiger partial charge in [-0.05, 0) is 18.9 Å². The molecule has 0 unspecified atom stereocenters. The zero-order valence-electron chi connectivity index (χ0n) is 14.9. The van der Waals surface area contributed by atoms with Crippen LogP contribution < -0.4 is 10.2 Å². The van der Waals surface area contributed by atoms with Crippen LogP contribution in [0.4, 0.5) is 16.6 Å². The molecule has 2 aromatic rings. The van der Waals surface area contributed by atoms with E-state index >= 15 is 0 Å². The lowest BCUT2D eigenvalue weighted by Crippen LogP contribution is -2.35. The number of likely N-dealkylation sites (tertiary alicyclic amines) is 1. The lowest BCUT2D eigenvalue weighted by atomic mass is 10.2. The van der Waals surface area contributed by atoms with Gasteiger partial charge in [-0.1, -0.05) is 19.0 Å². The molecule has 2 aromatic heterocycles. The number of hydrogen-bond donors (Lipinski definition) is 1. The molecule has 134 valence electrons. The third-order valence-electron chi connectivity index (χ3n) is 4.08. The zero-order chi connectivity index (χ0) is 18.0. The molecule has 0 radical (unpaired) electrons. The molecule has 1 aliphatic rings. The van der Waals surface area contributed by atoms with Crippen molar-refractivity contribution in [2.24, 2.45) is 0 Å². The summed E-state index contributed by atoms with van der Waals surface area (Å²) in [5.74, 6) is 2.30. The number of amides is 2. The van der Waals surface area contributed by atoms with E-state index in [0.29, 0.717) is 18.3 Å². The molecule has 3 heterocycles. The Hall–Kier alpha value is -2.71. The average molecular weight is 345 g/mol. The molecule has 0 saturated carbocycles. The number of carbonyl (C=O) groups excluding carboxylic acids is 1. The van der Waals surface area contributed by atoms with Crippen LogP contribution in [-0.4, -0.2) is 51.7 Å². The summed E-state index contributed by atoms with van der Waals surface area (Å²) in [5.41, 5.74) is 0. The Morgan fingerprint density at radius 1 is 1.40 bits per heavy atom. The van der Waals surface area contributed by atoms with Gasteiger partial charge in [0.15, 0.2) is 5.82 Å². The lowest BCUT2D eigenvalue weighted by molar-refractivity contribution is 0.203. The molecule has 1 saturated heterocycles. The van der Waals surface area contributed by atoms with Gasteiger partial charge in [-0.25, -0.2) is 9.78 Å². The second-order valence-electron chi connectivity index (χ2n) is 6.56. The van der Waals surface area contributed by atoms with Crippen molar-refractivity contribution in [1.82, 2.24) is 25.0 Å². The number of urea groups is 1. The first-order chi connectivity index (χ1) is 12.0. The predicted molar refractivity (Wildman–Crippen MR) is 92.4 cm³/mol. The molecule has 1 aliphatic heterocycles. The Balaban J connectivity index is 1.73. The molecule has 2 amide bonds. The van der Waals surface area contributed by atoms with E-state index in [1.807, 2.05) is 32.8 Å². The third-order valence-corrected chi connectivity index (χ3v) is 4.08. The molecule has 1 fully saturated rings. The van der Waals surface area contributed by atoms with E-state index in [-0.39, 0.29) is 23.9 Å². The highest BCUT2D eigenvalue weighted by Crippen LogP contribution is 2.31. The molecule has 9 nitrogen and oxygen atoms in total. The maximum atomic E-state index is 12.7. The minimum Gasteiger partial charge on any atom is -0.363 e. The van der Waals surface area contributed by atoms with Gasteiger partial charge in [-0.2, -0.15) is 9.97 Å². The van der Waals surface area contributed by atoms with Crippen LogP contribution in [0.15, 0.2) is 16.8 Å². The largest absolute Gasteiger partial charge is 0.363 e. The first-order valence-electron chi connectivity index (χ1n) is 8.37. The summed E-state index contributed by atoms with van der Waals surface area (Å²) >= 11 is 0. The van der Waals surface area contributed by atoms with Crippen molar-refractivity contribution in [3.05, 3.63) is 24.0 Å². The van der Waals surface area contributed by atoms with Gasteiger partial charge in [0.05, 0.1) is 6.04 Å². The zero-order valence-corrected chi connectivity index (χ0v) is 14.9. The topological polar surface area (TPSA) is 100 Å². The van der Waals surface area contributed by atoms with E-state index in [0.717, 1.165) is 18.7 Å². The maximum absolute atomic E-state index is 12.7.